The van der Waals surface area contributed by atoms with E-state index in [1.807, 2.05) is 36.8 Å². The van der Waals surface area contributed by atoms with Crippen LogP contribution in [0.4, 0.5) is 0 Å². The predicted octanol–water partition coefficient (Wildman–Crippen LogP) is 2.40. The van der Waals surface area contributed by atoms with Gasteiger partial charge in [0.1, 0.15) is 5.65 Å². The second kappa shape index (κ2) is 5.70. The van der Waals surface area contributed by atoms with E-state index < -0.39 is 0 Å². The van der Waals surface area contributed by atoms with Gasteiger partial charge in [-0.1, -0.05) is 17.8 Å². The Morgan fingerprint density at radius 2 is 2.23 bits per heavy atom. The zero-order valence-electron chi connectivity index (χ0n) is 12.4. The monoisotopic (exact) mass is 311 g/mol. The summed E-state index contributed by atoms with van der Waals surface area (Å²) in [6.07, 6.45) is 9.12. The fourth-order valence-electron chi connectivity index (χ4n) is 2.88. The van der Waals surface area contributed by atoms with Crippen molar-refractivity contribution < 1.29 is 0 Å². The van der Waals surface area contributed by atoms with E-state index in [-0.39, 0.29) is 0 Å². The molecule has 0 aromatic carbocycles. The average Bonchev–Trinajstić information content (AvgIpc) is 2.96. The Hall–Kier alpha value is -1.92. The van der Waals surface area contributed by atoms with E-state index in [9.17, 15) is 0 Å². The van der Waals surface area contributed by atoms with Gasteiger partial charge in [0.25, 0.3) is 0 Å². The first-order valence-corrected chi connectivity index (χ1v) is 8.58. The molecule has 0 amide bonds. The minimum absolute atomic E-state index is 0.866. The van der Waals surface area contributed by atoms with E-state index in [0.717, 1.165) is 42.6 Å². The van der Waals surface area contributed by atoms with Gasteiger partial charge in [-0.05, 0) is 18.4 Å². The summed E-state index contributed by atoms with van der Waals surface area (Å²) < 4.78 is 2.07. The summed E-state index contributed by atoms with van der Waals surface area (Å²) in [5.41, 5.74) is 4.55. The zero-order chi connectivity index (χ0) is 14.9. The Bertz CT molecular complexity index is 780. The van der Waals surface area contributed by atoms with Crippen LogP contribution >= 0.6 is 11.8 Å². The number of pyridine rings is 1. The SMILES string of the molecule is CSc1ncc2c(n1)CCN(Cc1cn3ccccc3n1)C2. The summed E-state index contributed by atoms with van der Waals surface area (Å²) in [6.45, 7) is 2.79. The van der Waals surface area contributed by atoms with Crippen LogP contribution in [0.25, 0.3) is 5.65 Å². The molecule has 0 N–H and O–H groups in total. The number of thioether (sulfide) groups is 1. The van der Waals surface area contributed by atoms with E-state index in [4.69, 9.17) is 0 Å². The molecule has 3 aromatic heterocycles. The number of hydrogen-bond acceptors (Lipinski definition) is 5. The standard InChI is InChI=1S/C16H17N5S/c1-22-16-17-8-12-9-20(7-5-14(12)19-16)10-13-11-21-6-3-2-4-15(21)18-13/h2-4,6,8,11H,5,7,9-10H2,1H3. The fraction of sp³-hybridized carbons (Fsp3) is 0.312. The lowest BCUT2D eigenvalue weighted by Gasteiger charge is -2.27. The Kier molecular flexibility index (Phi) is 3.56. The van der Waals surface area contributed by atoms with Crippen LogP contribution in [-0.4, -0.2) is 37.1 Å². The number of hydrogen-bond donors (Lipinski definition) is 0. The van der Waals surface area contributed by atoms with Gasteiger partial charge in [-0.2, -0.15) is 0 Å². The lowest BCUT2D eigenvalue weighted by Crippen LogP contribution is -2.31. The highest BCUT2D eigenvalue weighted by atomic mass is 32.2. The first kappa shape index (κ1) is 13.7. The van der Waals surface area contributed by atoms with Crippen molar-refractivity contribution in [3.8, 4) is 0 Å². The molecule has 0 aliphatic carbocycles. The maximum atomic E-state index is 4.68. The van der Waals surface area contributed by atoms with Gasteiger partial charge in [-0.3, -0.25) is 4.90 Å². The molecule has 0 bridgehead atoms. The molecule has 1 aliphatic rings. The van der Waals surface area contributed by atoms with Crippen molar-refractivity contribution in [1.29, 1.82) is 0 Å². The van der Waals surface area contributed by atoms with Crippen LogP contribution in [0.3, 0.4) is 0 Å². The Balaban J connectivity index is 1.52. The minimum Gasteiger partial charge on any atom is -0.307 e. The van der Waals surface area contributed by atoms with Crippen molar-refractivity contribution in [2.75, 3.05) is 12.8 Å². The number of fused-ring (bicyclic) bond motifs is 2. The van der Waals surface area contributed by atoms with Gasteiger partial charge in [-0.15, -0.1) is 0 Å². The van der Waals surface area contributed by atoms with Crippen LogP contribution in [0.2, 0.25) is 0 Å². The third kappa shape index (κ3) is 2.60. The van der Waals surface area contributed by atoms with E-state index in [1.54, 1.807) is 11.8 Å². The smallest absolute Gasteiger partial charge is 0.187 e. The van der Waals surface area contributed by atoms with Crippen LogP contribution in [0.1, 0.15) is 17.0 Å². The van der Waals surface area contributed by atoms with Gasteiger partial charge in [-0.25, -0.2) is 15.0 Å². The molecule has 0 atom stereocenters. The summed E-state index contributed by atoms with van der Waals surface area (Å²) in [5, 5.41) is 0.868. The highest BCUT2D eigenvalue weighted by Crippen LogP contribution is 2.20. The third-order valence-corrected chi connectivity index (χ3v) is 4.53. The molecule has 6 heteroatoms. The van der Waals surface area contributed by atoms with Crippen LogP contribution < -0.4 is 0 Å². The molecule has 112 valence electrons. The van der Waals surface area contributed by atoms with Crippen LogP contribution in [0.15, 0.2) is 41.9 Å². The predicted molar refractivity (Wildman–Crippen MR) is 86.8 cm³/mol. The van der Waals surface area contributed by atoms with E-state index in [0.29, 0.717) is 0 Å². The van der Waals surface area contributed by atoms with Gasteiger partial charge in [0, 0.05) is 50.2 Å². The van der Waals surface area contributed by atoms with E-state index in [2.05, 4.69) is 30.4 Å². The molecule has 0 saturated carbocycles. The Morgan fingerprint density at radius 3 is 3.09 bits per heavy atom. The maximum absolute atomic E-state index is 4.68. The first-order valence-electron chi connectivity index (χ1n) is 7.35. The van der Waals surface area contributed by atoms with Crippen molar-refractivity contribution in [1.82, 2.24) is 24.3 Å². The summed E-state index contributed by atoms with van der Waals surface area (Å²) in [4.78, 5) is 16.1. The molecule has 4 heterocycles. The van der Waals surface area contributed by atoms with Crippen LogP contribution in [-0.2, 0) is 19.5 Å². The van der Waals surface area contributed by atoms with Crippen LogP contribution in [0.5, 0.6) is 0 Å². The first-order chi connectivity index (χ1) is 10.8. The molecule has 0 radical (unpaired) electrons. The van der Waals surface area contributed by atoms with Crippen molar-refractivity contribution >= 4 is 17.4 Å². The molecule has 0 fully saturated rings. The van der Waals surface area contributed by atoms with Gasteiger partial charge in [0.05, 0.1) is 11.4 Å². The molecular weight excluding hydrogens is 294 g/mol. The van der Waals surface area contributed by atoms with Crippen molar-refractivity contribution in [3.05, 3.63) is 53.7 Å². The van der Waals surface area contributed by atoms with Crippen molar-refractivity contribution in [3.63, 3.8) is 0 Å². The number of nitrogens with zero attached hydrogens (tertiary/aromatic N) is 5. The van der Waals surface area contributed by atoms with Crippen LogP contribution in [0, 0.1) is 0 Å². The summed E-state index contributed by atoms with van der Waals surface area (Å²) in [5.74, 6) is 0. The molecule has 0 saturated heterocycles. The molecular formula is C16H17N5S. The molecule has 22 heavy (non-hydrogen) atoms. The average molecular weight is 311 g/mol. The second-order valence-corrected chi connectivity index (χ2v) is 6.26. The van der Waals surface area contributed by atoms with Crippen molar-refractivity contribution in [2.45, 2.75) is 24.7 Å². The molecule has 3 aromatic rings. The fourth-order valence-corrected chi connectivity index (χ4v) is 3.24. The van der Waals surface area contributed by atoms with Gasteiger partial charge in [0.15, 0.2) is 5.16 Å². The maximum Gasteiger partial charge on any atom is 0.187 e. The molecule has 5 nitrogen and oxygen atoms in total. The number of imidazole rings is 1. The highest BCUT2D eigenvalue weighted by molar-refractivity contribution is 7.98. The Labute approximate surface area is 133 Å². The van der Waals surface area contributed by atoms with Gasteiger partial charge >= 0.3 is 0 Å². The van der Waals surface area contributed by atoms with Crippen molar-refractivity contribution in [2.24, 2.45) is 0 Å². The second-order valence-electron chi connectivity index (χ2n) is 5.49. The summed E-state index contributed by atoms with van der Waals surface area (Å²) >= 11 is 1.60. The number of aromatic nitrogens is 4. The van der Waals surface area contributed by atoms with Gasteiger partial charge < -0.3 is 4.40 Å². The largest absolute Gasteiger partial charge is 0.307 e. The summed E-state index contributed by atoms with van der Waals surface area (Å²) in [7, 11) is 0. The van der Waals surface area contributed by atoms with Gasteiger partial charge in [0.2, 0.25) is 0 Å². The Morgan fingerprint density at radius 1 is 1.27 bits per heavy atom. The topological polar surface area (TPSA) is 46.3 Å². The van der Waals surface area contributed by atoms with E-state index in [1.165, 1.54) is 11.3 Å². The highest BCUT2D eigenvalue weighted by Gasteiger charge is 2.19. The quantitative estimate of drug-likeness (QED) is 0.549. The molecule has 0 spiro atoms. The molecule has 1 aliphatic heterocycles. The lowest BCUT2D eigenvalue weighted by molar-refractivity contribution is 0.239. The zero-order valence-corrected chi connectivity index (χ0v) is 13.3. The summed E-state index contributed by atoms with van der Waals surface area (Å²) in [6, 6.07) is 6.08. The molecule has 0 unspecified atom stereocenters. The molecule has 4 rings (SSSR count). The normalized spacial score (nSPS) is 15.1. The lowest BCUT2D eigenvalue weighted by atomic mass is 10.1. The minimum atomic E-state index is 0.866. The van der Waals surface area contributed by atoms with E-state index >= 15 is 0 Å². The third-order valence-electron chi connectivity index (χ3n) is 3.97. The number of rotatable bonds is 3.